The maximum Gasteiger partial charge on any atom is 0.221 e. The molecule has 0 fully saturated rings. The van der Waals surface area contributed by atoms with Crippen molar-refractivity contribution in [3.05, 3.63) is 99.9 Å². The molecule has 4 aromatic rings. The minimum absolute atomic E-state index is 0.0369. The van der Waals surface area contributed by atoms with E-state index >= 15 is 0 Å². The average molecular weight is 424 g/mol. The van der Waals surface area contributed by atoms with Crippen LogP contribution in [0.3, 0.4) is 0 Å². The number of hydrogen-bond acceptors (Lipinski definition) is 2. The predicted octanol–water partition coefficient (Wildman–Crippen LogP) is 5.71. The topological polar surface area (TPSA) is 57.8 Å². The van der Waals surface area contributed by atoms with E-state index in [0.29, 0.717) is 16.7 Å². The molecule has 2 N–H and O–H groups in total. The van der Waals surface area contributed by atoms with Gasteiger partial charge in [-0.05, 0) is 41.0 Å². The second kappa shape index (κ2) is 8.68. The van der Waals surface area contributed by atoms with Crippen molar-refractivity contribution >= 4 is 40.0 Å². The molecule has 0 aliphatic heterocycles. The maximum absolute atomic E-state index is 12.8. The van der Waals surface area contributed by atoms with Crippen molar-refractivity contribution < 1.29 is 4.79 Å². The Labute approximate surface area is 178 Å². The summed E-state index contributed by atoms with van der Waals surface area (Å²) in [4.78, 5) is 20.2. The minimum atomic E-state index is -0.178. The Morgan fingerprint density at radius 2 is 1.90 bits per heavy atom. The lowest BCUT2D eigenvalue weighted by molar-refractivity contribution is -0.121. The quantitative estimate of drug-likeness (QED) is 0.390. The van der Waals surface area contributed by atoms with Crippen LogP contribution in [0.5, 0.6) is 0 Å². The molecule has 0 radical (unpaired) electrons. The van der Waals surface area contributed by atoms with E-state index < -0.39 is 0 Å². The number of benzene rings is 2. The zero-order chi connectivity index (χ0) is 20.2. The van der Waals surface area contributed by atoms with Crippen molar-refractivity contribution in [3.63, 3.8) is 0 Å². The third kappa shape index (κ3) is 4.61. The fraction of sp³-hybridized carbons (Fsp3) is 0.130. The Morgan fingerprint density at radius 1 is 1.07 bits per heavy atom. The van der Waals surface area contributed by atoms with E-state index in [-0.39, 0.29) is 18.2 Å². The van der Waals surface area contributed by atoms with Crippen molar-refractivity contribution in [2.24, 2.45) is 0 Å². The van der Waals surface area contributed by atoms with Gasteiger partial charge in [-0.3, -0.25) is 4.79 Å². The SMILES string of the molecule is O=C(CC(c1ccc(Cl)nc1)c1c[nH]c2ccc(Cl)cc12)NCc1ccccc1. The second-order valence-corrected chi connectivity index (χ2v) is 7.69. The Kier molecular flexibility index (Phi) is 5.84. The number of aromatic amines is 1. The number of amides is 1. The summed E-state index contributed by atoms with van der Waals surface area (Å²) in [5.41, 5.74) is 3.96. The second-order valence-electron chi connectivity index (χ2n) is 6.87. The van der Waals surface area contributed by atoms with Crippen molar-refractivity contribution in [3.8, 4) is 0 Å². The molecule has 0 saturated heterocycles. The minimum Gasteiger partial charge on any atom is -0.361 e. The maximum atomic E-state index is 12.8. The van der Waals surface area contributed by atoms with E-state index in [0.717, 1.165) is 27.6 Å². The molecule has 0 aliphatic rings. The van der Waals surface area contributed by atoms with Gasteiger partial charge >= 0.3 is 0 Å². The van der Waals surface area contributed by atoms with Gasteiger partial charge in [0.15, 0.2) is 0 Å². The summed E-state index contributed by atoms with van der Waals surface area (Å²) >= 11 is 12.2. The number of carbonyl (C=O) groups excluding carboxylic acids is 1. The standard InChI is InChI=1S/C23H19Cl2N3O/c24-17-7-8-21-19(10-17)20(14-26-21)18(16-6-9-22(25)27-13-16)11-23(29)28-12-15-4-2-1-3-5-15/h1-10,13-14,18,26H,11-12H2,(H,28,29). The summed E-state index contributed by atoms with van der Waals surface area (Å²) in [5, 5.41) is 5.08. The monoisotopic (exact) mass is 423 g/mol. The van der Waals surface area contributed by atoms with Crippen LogP contribution in [0.25, 0.3) is 10.9 Å². The summed E-state index contributed by atoms with van der Waals surface area (Å²) in [7, 11) is 0. The summed E-state index contributed by atoms with van der Waals surface area (Å²) in [6, 6.07) is 19.2. The molecule has 0 bridgehead atoms. The molecule has 0 aliphatic carbocycles. The van der Waals surface area contributed by atoms with Crippen LogP contribution in [0.1, 0.15) is 29.0 Å². The molecular weight excluding hydrogens is 405 g/mol. The van der Waals surface area contributed by atoms with Crippen LogP contribution in [-0.2, 0) is 11.3 Å². The fourth-order valence-corrected chi connectivity index (χ4v) is 3.74. The first-order valence-electron chi connectivity index (χ1n) is 9.29. The predicted molar refractivity (Wildman–Crippen MR) is 117 cm³/mol. The average Bonchev–Trinajstić information content (AvgIpc) is 3.15. The molecule has 1 unspecified atom stereocenters. The molecule has 4 rings (SSSR count). The number of carbonyl (C=O) groups is 1. The van der Waals surface area contributed by atoms with E-state index in [9.17, 15) is 4.79 Å². The van der Waals surface area contributed by atoms with Crippen LogP contribution in [0, 0.1) is 0 Å². The third-order valence-electron chi connectivity index (χ3n) is 4.93. The molecule has 2 aromatic carbocycles. The first-order chi connectivity index (χ1) is 14.1. The lowest BCUT2D eigenvalue weighted by atomic mass is 9.89. The molecule has 0 spiro atoms. The van der Waals surface area contributed by atoms with E-state index in [1.54, 1.807) is 12.3 Å². The van der Waals surface area contributed by atoms with Gasteiger partial charge in [0, 0.05) is 47.2 Å². The summed E-state index contributed by atoms with van der Waals surface area (Å²) in [6.45, 7) is 0.491. The molecule has 0 saturated carbocycles. The van der Waals surface area contributed by atoms with Gasteiger partial charge in [0.1, 0.15) is 5.15 Å². The lowest BCUT2D eigenvalue weighted by Crippen LogP contribution is -2.25. The van der Waals surface area contributed by atoms with Gasteiger partial charge in [0.25, 0.3) is 0 Å². The van der Waals surface area contributed by atoms with E-state index in [1.165, 1.54) is 0 Å². The first-order valence-corrected chi connectivity index (χ1v) is 10.0. The number of rotatable bonds is 6. The largest absolute Gasteiger partial charge is 0.361 e. The number of hydrogen-bond donors (Lipinski definition) is 2. The number of halogens is 2. The van der Waals surface area contributed by atoms with E-state index in [4.69, 9.17) is 23.2 Å². The molecule has 29 heavy (non-hydrogen) atoms. The normalized spacial score (nSPS) is 12.1. The van der Waals surface area contributed by atoms with Crippen LogP contribution >= 0.6 is 23.2 Å². The van der Waals surface area contributed by atoms with Crippen LogP contribution in [0.2, 0.25) is 10.2 Å². The first kappa shape index (κ1) is 19.5. The molecule has 1 amide bonds. The number of fused-ring (bicyclic) bond motifs is 1. The van der Waals surface area contributed by atoms with E-state index in [2.05, 4.69) is 15.3 Å². The third-order valence-corrected chi connectivity index (χ3v) is 5.38. The van der Waals surface area contributed by atoms with Crippen molar-refractivity contribution in [2.45, 2.75) is 18.9 Å². The number of aromatic nitrogens is 2. The highest BCUT2D eigenvalue weighted by Gasteiger charge is 2.22. The van der Waals surface area contributed by atoms with Crippen LogP contribution < -0.4 is 5.32 Å². The molecule has 4 nitrogen and oxygen atoms in total. The number of H-pyrrole nitrogens is 1. The summed E-state index contributed by atoms with van der Waals surface area (Å²) < 4.78 is 0. The van der Waals surface area contributed by atoms with Crippen LogP contribution in [-0.4, -0.2) is 15.9 Å². The fourth-order valence-electron chi connectivity index (χ4n) is 3.46. The van der Waals surface area contributed by atoms with Gasteiger partial charge in [0.05, 0.1) is 0 Å². The Balaban J connectivity index is 1.62. The lowest BCUT2D eigenvalue weighted by Gasteiger charge is -2.17. The van der Waals surface area contributed by atoms with Crippen LogP contribution in [0.15, 0.2) is 73.1 Å². The highest BCUT2D eigenvalue weighted by Crippen LogP contribution is 2.34. The van der Waals surface area contributed by atoms with Gasteiger partial charge in [-0.1, -0.05) is 59.6 Å². The Hall–Kier alpha value is -2.82. The Bertz CT molecular complexity index is 1120. The molecule has 1 atom stereocenters. The van der Waals surface area contributed by atoms with Gasteiger partial charge < -0.3 is 10.3 Å². The zero-order valence-electron chi connectivity index (χ0n) is 15.5. The zero-order valence-corrected chi connectivity index (χ0v) is 17.0. The number of pyridine rings is 1. The van der Waals surface area contributed by atoms with Gasteiger partial charge in [-0.25, -0.2) is 4.98 Å². The summed E-state index contributed by atoms with van der Waals surface area (Å²) in [6.07, 6.45) is 3.95. The van der Waals surface area contributed by atoms with Crippen molar-refractivity contribution in [2.75, 3.05) is 0 Å². The number of nitrogens with one attached hydrogen (secondary N) is 2. The van der Waals surface area contributed by atoms with Gasteiger partial charge in [0.2, 0.25) is 5.91 Å². The molecule has 2 heterocycles. The van der Waals surface area contributed by atoms with Crippen LogP contribution in [0.4, 0.5) is 0 Å². The van der Waals surface area contributed by atoms with E-state index in [1.807, 2.05) is 60.8 Å². The number of nitrogens with zero attached hydrogens (tertiary/aromatic N) is 1. The molecule has 146 valence electrons. The van der Waals surface area contributed by atoms with Crippen molar-refractivity contribution in [1.82, 2.24) is 15.3 Å². The van der Waals surface area contributed by atoms with Gasteiger partial charge in [-0.2, -0.15) is 0 Å². The Morgan fingerprint density at radius 3 is 2.66 bits per heavy atom. The molecular formula is C23H19Cl2N3O. The molecule has 6 heteroatoms. The summed E-state index contributed by atoms with van der Waals surface area (Å²) in [5.74, 6) is -0.215. The smallest absolute Gasteiger partial charge is 0.221 e. The van der Waals surface area contributed by atoms with Crippen molar-refractivity contribution in [1.29, 1.82) is 0 Å². The molecule has 2 aromatic heterocycles. The highest BCUT2D eigenvalue weighted by atomic mass is 35.5. The highest BCUT2D eigenvalue weighted by molar-refractivity contribution is 6.31. The van der Waals surface area contributed by atoms with Gasteiger partial charge in [-0.15, -0.1) is 0 Å².